The van der Waals surface area contributed by atoms with Gasteiger partial charge in [0.25, 0.3) is 0 Å². The molecular weight excluding hydrogens is 305 g/mol. The van der Waals surface area contributed by atoms with Crippen LogP contribution in [0.25, 0.3) is 5.95 Å². The number of nitrogens with one attached hydrogen (secondary N) is 1. The first-order valence-corrected chi connectivity index (χ1v) is 6.56. The predicted molar refractivity (Wildman–Crippen MR) is 75.5 cm³/mol. The first kappa shape index (κ1) is 17.4. The number of aromatic nitrogens is 4. The summed E-state index contributed by atoms with van der Waals surface area (Å²) in [5.74, 6) is 1.58. The van der Waals surface area contributed by atoms with E-state index < -0.39 is 0 Å². The first-order chi connectivity index (χ1) is 9.56. The van der Waals surface area contributed by atoms with Gasteiger partial charge in [0, 0.05) is 36.8 Å². The molecule has 0 bridgehead atoms. The summed E-state index contributed by atoms with van der Waals surface area (Å²) in [4.78, 5) is 24.0. The minimum Gasteiger partial charge on any atom is -0.413 e. The first-order valence-electron chi connectivity index (χ1n) is 6.56. The average Bonchev–Trinajstić information content (AvgIpc) is 2.91. The van der Waals surface area contributed by atoms with Crippen molar-refractivity contribution in [3.63, 3.8) is 0 Å². The molecule has 2 aromatic heterocycles. The molecule has 0 saturated carbocycles. The van der Waals surface area contributed by atoms with Gasteiger partial charge >= 0.3 is 0 Å². The van der Waals surface area contributed by atoms with Crippen molar-refractivity contribution in [3.8, 4) is 5.95 Å². The quantitative estimate of drug-likeness (QED) is 0.822. The molecule has 7 heteroatoms. The van der Waals surface area contributed by atoms with E-state index in [0.29, 0.717) is 17.7 Å². The molecule has 0 unspecified atom stereocenters. The van der Waals surface area contributed by atoms with E-state index in [2.05, 4.69) is 40.3 Å². The number of hydrogen-bond donors (Lipinski definition) is 1. The normalized spacial score (nSPS) is 11.8. The maximum atomic E-state index is 11.7. The van der Waals surface area contributed by atoms with Crippen LogP contribution in [0.3, 0.4) is 0 Å². The zero-order valence-corrected chi connectivity index (χ0v) is 13.7. The van der Waals surface area contributed by atoms with Crippen LogP contribution in [0.15, 0.2) is 24.8 Å². The van der Waals surface area contributed by atoms with E-state index in [9.17, 15) is 4.79 Å². The van der Waals surface area contributed by atoms with Crippen molar-refractivity contribution in [2.75, 3.05) is 5.32 Å². The summed E-state index contributed by atoms with van der Waals surface area (Å²) in [7, 11) is 0. The van der Waals surface area contributed by atoms with E-state index in [1.54, 1.807) is 36.3 Å². The van der Waals surface area contributed by atoms with Crippen molar-refractivity contribution in [1.29, 1.82) is 0 Å². The number of hydrogen-bond acceptors (Lipinski definition) is 5. The average molecular weight is 323 g/mol. The Bertz CT molecular complexity index is 571. The van der Waals surface area contributed by atoms with Gasteiger partial charge in [0.2, 0.25) is 0 Å². The van der Waals surface area contributed by atoms with Crippen LogP contribution in [0.4, 0.5) is 5.82 Å². The third kappa shape index (κ3) is 4.99. The molecule has 0 spiro atoms. The maximum absolute atomic E-state index is 11.7. The Hall–Kier alpha value is -1.66. The smallest absolute Gasteiger partial charge is 0.151 e. The Morgan fingerprint density at radius 1 is 1.48 bits per heavy atom. The van der Waals surface area contributed by atoms with Crippen LogP contribution in [0, 0.1) is 12.1 Å². The van der Waals surface area contributed by atoms with Crippen molar-refractivity contribution in [1.82, 2.24) is 19.5 Å². The van der Waals surface area contributed by atoms with Crippen LogP contribution in [0.1, 0.15) is 27.2 Å². The molecule has 1 N–H and O–H groups in total. The Morgan fingerprint density at radius 3 is 2.81 bits per heavy atom. The molecule has 111 valence electrons. The molecule has 0 aliphatic carbocycles. The summed E-state index contributed by atoms with van der Waals surface area (Å²) in [5.41, 5.74) is 0. The fourth-order valence-electron chi connectivity index (χ4n) is 1.86. The molecule has 0 aliphatic heterocycles. The predicted octanol–water partition coefficient (Wildman–Crippen LogP) is 1.88. The Balaban J connectivity index is 0.00000220. The monoisotopic (exact) mass is 323 g/mol. The summed E-state index contributed by atoms with van der Waals surface area (Å²) in [6, 6.07) is 1.39. The number of anilines is 1. The number of rotatable bonds is 6. The molecule has 2 heterocycles. The molecule has 0 aliphatic rings. The van der Waals surface area contributed by atoms with Gasteiger partial charge in [-0.3, -0.25) is 4.79 Å². The SMILES string of the molecule is CC(=O)[C@H](CC(C)C)Nc1c[c-]nc(-n2ccnc2)n1.[V]. The van der Waals surface area contributed by atoms with E-state index in [4.69, 9.17) is 0 Å². The van der Waals surface area contributed by atoms with Crippen molar-refractivity contribution < 1.29 is 23.4 Å². The van der Waals surface area contributed by atoms with Crippen molar-refractivity contribution in [2.45, 2.75) is 33.2 Å². The number of Topliss-reactive ketones (excluding diaryl/α,β-unsaturated/α-hetero) is 1. The van der Waals surface area contributed by atoms with Gasteiger partial charge < -0.3 is 19.9 Å². The van der Waals surface area contributed by atoms with Crippen LogP contribution in [0.5, 0.6) is 0 Å². The van der Waals surface area contributed by atoms with Crippen LogP contribution < -0.4 is 5.32 Å². The molecule has 21 heavy (non-hydrogen) atoms. The van der Waals surface area contributed by atoms with Crippen molar-refractivity contribution in [2.24, 2.45) is 5.92 Å². The number of ketones is 1. The van der Waals surface area contributed by atoms with E-state index >= 15 is 0 Å². The molecule has 0 saturated heterocycles. The second kappa shape index (κ2) is 7.95. The molecule has 6 nitrogen and oxygen atoms in total. The molecule has 0 fully saturated rings. The molecule has 1 atom stereocenters. The van der Waals surface area contributed by atoms with E-state index in [1.165, 1.54) is 0 Å². The minimum atomic E-state index is -0.242. The van der Waals surface area contributed by atoms with Crippen molar-refractivity contribution >= 4 is 11.6 Å². The van der Waals surface area contributed by atoms with Crippen LogP contribution in [0.2, 0.25) is 0 Å². The minimum absolute atomic E-state index is 0. The summed E-state index contributed by atoms with van der Waals surface area (Å²) in [5, 5.41) is 3.15. The summed E-state index contributed by atoms with van der Waals surface area (Å²) in [6.45, 7) is 5.75. The van der Waals surface area contributed by atoms with Gasteiger partial charge in [0.15, 0.2) is 5.78 Å². The summed E-state index contributed by atoms with van der Waals surface area (Å²) in [6.07, 6.45) is 8.57. The largest absolute Gasteiger partial charge is 0.413 e. The summed E-state index contributed by atoms with van der Waals surface area (Å²) < 4.78 is 1.69. The Labute approximate surface area is 136 Å². The van der Waals surface area contributed by atoms with E-state index in [1.807, 2.05) is 0 Å². The fourth-order valence-corrected chi connectivity index (χ4v) is 1.86. The molecule has 2 rings (SSSR count). The summed E-state index contributed by atoms with van der Waals surface area (Å²) >= 11 is 0. The molecule has 1 radical (unpaired) electrons. The van der Waals surface area contributed by atoms with E-state index in [-0.39, 0.29) is 30.4 Å². The van der Waals surface area contributed by atoms with Crippen molar-refractivity contribution in [3.05, 3.63) is 31.0 Å². The number of carbonyl (C=O) groups excluding carboxylic acids is 1. The van der Waals surface area contributed by atoms with Gasteiger partial charge in [-0.25, -0.2) is 4.98 Å². The molecule has 2 aromatic rings. The number of imidazole rings is 1. The molecule has 0 aromatic carbocycles. The third-order valence-corrected chi connectivity index (χ3v) is 2.84. The zero-order chi connectivity index (χ0) is 14.5. The third-order valence-electron chi connectivity index (χ3n) is 2.84. The van der Waals surface area contributed by atoms with Gasteiger partial charge in [0.05, 0.1) is 12.4 Å². The van der Waals surface area contributed by atoms with Crippen LogP contribution in [-0.2, 0) is 23.4 Å². The van der Waals surface area contributed by atoms with Gasteiger partial charge in [-0.15, -0.1) is 6.07 Å². The number of nitrogens with zero attached hydrogens (tertiary/aromatic N) is 4. The van der Waals surface area contributed by atoms with Crippen LogP contribution >= 0.6 is 0 Å². The van der Waals surface area contributed by atoms with Gasteiger partial charge in [-0.2, -0.15) is 0 Å². The Kier molecular flexibility index (Phi) is 6.59. The molecule has 0 amide bonds. The number of carbonyl (C=O) groups is 1. The standard InChI is InChI=1S/C14H18N5O.V/c1-10(2)8-12(11(3)20)17-13-4-5-16-14(18-13)19-7-6-15-9-19;/h4,6-7,9-10,12H,8H2,1-3H3,(H,16,17,18);/q-1;/t12-;/m0./s1. The zero-order valence-electron chi connectivity index (χ0n) is 12.3. The molecular formula is C14H18N5OV-. The van der Waals surface area contributed by atoms with Gasteiger partial charge in [-0.05, 0) is 19.3 Å². The van der Waals surface area contributed by atoms with Gasteiger partial charge in [0.1, 0.15) is 5.95 Å². The van der Waals surface area contributed by atoms with E-state index in [0.717, 1.165) is 6.42 Å². The van der Waals surface area contributed by atoms with Crippen LogP contribution in [-0.4, -0.2) is 31.3 Å². The maximum Gasteiger partial charge on any atom is 0.151 e. The second-order valence-electron chi connectivity index (χ2n) is 5.09. The second-order valence-corrected chi connectivity index (χ2v) is 5.09. The Morgan fingerprint density at radius 2 is 2.24 bits per heavy atom. The van der Waals surface area contributed by atoms with Gasteiger partial charge in [-0.1, -0.05) is 20.0 Å². The fraction of sp³-hybridized carbons (Fsp3) is 0.429. The topological polar surface area (TPSA) is 72.7 Å².